The number of amides is 3. The third-order valence-corrected chi connectivity index (χ3v) is 6.51. The molecule has 0 aromatic heterocycles. The minimum Gasteiger partial charge on any atom is -0.497 e. The van der Waals surface area contributed by atoms with Crippen LogP contribution in [0.25, 0.3) is 0 Å². The number of rotatable bonds is 8. The van der Waals surface area contributed by atoms with Crippen molar-refractivity contribution in [3.05, 3.63) is 83.4 Å². The van der Waals surface area contributed by atoms with Crippen LogP contribution in [0.1, 0.15) is 34.5 Å². The summed E-state index contributed by atoms with van der Waals surface area (Å²) in [7, 11) is -2.39. The van der Waals surface area contributed by atoms with Gasteiger partial charge in [0.25, 0.3) is 15.9 Å². The number of nitrogens with one attached hydrogen (secondary N) is 3. The highest BCUT2D eigenvalue weighted by Gasteiger charge is 2.20. The Kier molecular flexibility index (Phi) is 7.42. The molecule has 178 valence electrons. The first-order valence-corrected chi connectivity index (χ1v) is 11.8. The topological polar surface area (TPSA) is 140 Å². The van der Waals surface area contributed by atoms with Crippen LogP contribution in [0.2, 0.25) is 0 Å². The molecule has 0 aliphatic carbocycles. The zero-order valence-electron chi connectivity index (χ0n) is 19.0. The van der Waals surface area contributed by atoms with E-state index in [2.05, 4.69) is 15.4 Å². The smallest absolute Gasteiger partial charge is 0.316 e. The van der Waals surface area contributed by atoms with E-state index in [0.29, 0.717) is 22.7 Å². The van der Waals surface area contributed by atoms with Gasteiger partial charge in [-0.25, -0.2) is 13.2 Å². The van der Waals surface area contributed by atoms with Gasteiger partial charge in [0.15, 0.2) is 0 Å². The van der Waals surface area contributed by atoms with E-state index in [1.807, 2.05) is 0 Å². The molecule has 0 bridgehead atoms. The van der Waals surface area contributed by atoms with E-state index < -0.39 is 22.0 Å². The van der Waals surface area contributed by atoms with Crippen LogP contribution < -0.4 is 25.8 Å². The van der Waals surface area contributed by atoms with Crippen molar-refractivity contribution in [2.75, 3.05) is 17.1 Å². The van der Waals surface area contributed by atoms with Gasteiger partial charge in [-0.1, -0.05) is 18.2 Å². The summed E-state index contributed by atoms with van der Waals surface area (Å²) in [4.78, 5) is 23.9. The highest BCUT2D eigenvalue weighted by molar-refractivity contribution is 7.92. The molecule has 34 heavy (non-hydrogen) atoms. The van der Waals surface area contributed by atoms with Gasteiger partial charge in [-0.2, -0.15) is 0 Å². The van der Waals surface area contributed by atoms with Crippen molar-refractivity contribution in [3.63, 3.8) is 0 Å². The molecule has 0 heterocycles. The molecule has 0 aliphatic rings. The van der Waals surface area contributed by atoms with E-state index in [1.165, 1.54) is 19.2 Å². The van der Waals surface area contributed by atoms with Gasteiger partial charge in [-0.15, -0.1) is 0 Å². The first-order chi connectivity index (χ1) is 16.1. The van der Waals surface area contributed by atoms with Crippen LogP contribution >= 0.6 is 0 Å². The number of primary amides is 1. The van der Waals surface area contributed by atoms with Crippen molar-refractivity contribution in [2.24, 2.45) is 5.73 Å². The van der Waals surface area contributed by atoms with E-state index in [1.54, 1.807) is 68.4 Å². The van der Waals surface area contributed by atoms with Crippen LogP contribution in [0.3, 0.4) is 0 Å². The van der Waals surface area contributed by atoms with Crippen molar-refractivity contribution >= 4 is 33.3 Å². The minimum atomic E-state index is -3.92. The van der Waals surface area contributed by atoms with E-state index in [9.17, 15) is 18.0 Å². The van der Waals surface area contributed by atoms with Crippen molar-refractivity contribution in [1.29, 1.82) is 0 Å². The summed E-state index contributed by atoms with van der Waals surface area (Å²) in [6.07, 6.45) is 0. The molecule has 0 fully saturated rings. The van der Waals surface area contributed by atoms with Gasteiger partial charge in [0.1, 0.15) is 5.75 Å². The standard InChI is InChI=1S/C24H26N4O5S/c1-15-4-13-21(34(31,32)28-19-9-11-20(33-3)12-10-19)14-22(15)23(29)26-16(2)17-5-7-18(8-6-17)27-24(25)30/h4-14,16,28H,1-3H3,(H,26,29)(H3,25,27,30). The molecular formula is C24H26N4O5S. The molecule has 0 radical (unpaired) electrons. The van der Waals surface area contributed by atoms with E-state index in [-0.39, 0.29) is 16.5 Å². The van der Waals surface area contributed by atoms with Gasteiger partial charge < -0.3 is 21.1 Å². The van der Waals surface area contributed by atoms with Gasteiger partial charge >= 0.3 is 6.03 Å². The summed E-state index contributed by atoms with van der Waals surface area (Å²) in [5.41, 5.74) is 7.69. The number of aryl methyl sites for hydroxylation is 1. The molecule has 1 unspecified atom stereocenters. The SMILES string of the molecule is COc1ccc(NS(=O)(=O)c2ccc(C)c(C(=O)NC(C)c3ccc(NC(N)=O)cc3)c2)cc1. The first kappa shape index (κ1) is 24.6. The van der Waals surface area contributed by atoms with E-state index in [0.717, 1.165) is 5.56 Å². The van der Waals surface area contributed by atoms with Gasteiger partial charge in [-0.3, -0.25) is 9.52 Å². The molecule has 5 N–H and O–H groups in total. The quantitative estimate of drug-likeness (QED) is 0.387. The summed E-state index contributed by atoms with van der Waals surface area (Å²) >= 11 is 0. The molecule has 3 aromatic carbocycles. The molecule has 3 aromatic rings. The van der Waals surface area contributed by atoms with Crippen LogP contribution in [0.4, 0.5) is 16.2 Å². The second-order valence-electron chi connectivity index (χ2n) is 7.62. The van der Waals surface area contributed by atoms with Crippen LogP contribution in [-0.4, -0.2) is 27.5 Å². The number of hydrogen-bond acceptors (Lipinski definition) is 5. The number of methoxy groups -OCH3 is 1. The van der Waals surface area contributed by atoms with Crippen LogP contribution in [0.15, 0.2) is 71.6 Å². The number of nitrogens with two attached hydrogens (primary N) is 1. The number of urea groups is 1. The van der Waals surface area contributed by atoms with Gasteiger partial charge in [-0.05, 0) is 73.5 Å². The Labute approximate surface area is 198 Å². The highest BCUT2D eigenvalue weighted by Crippen LogP contribution is 2.22. The zero-order chi connectivity index (χ0) is 24.9. The summed E-state index contributed by atoms with van der Waals surface area (Å²) in [6.45, 7) is 3.53. The van der Waals surface area contributed by atoms with Crippen molar-refractivity contribution in [2.45, 2.75) is 24.8 Å². The summed E-state index contributed by atoms with van der Waals surface area (Å²) in [5.74, 6) is 0.191. The largest absolute Gasteiger partial charge is 0.497 e. The number of carbonyl (C=O) groups excluding carboxylic acids is 2. The maximum atomic E-state index is 13.0. The minimum absolute atomic E-state index is 0.0337. The first-order valence-electron chi connectivity index (χ1n) is 10.3. The van der Waals surface area contributed by atoms with E-state index >= 15 is 0 Å². The number of carbonyl (C=O) groups is 2. The van der Waals surface area contributed by atoms with Crippen molar-refractivity contribution < 1.29 is 22.7 Å². The van der Waals surface area contributed by atoms with Gasteiger partial charge in [0.2, 0.25) is 0 Å². The monoisotopic (exact) mass is 482 g/mol. The number of anilines is 2. The van der Waals surface area contributed by atoms with Crippen LogP contribution in [-0.2, 0) is 10.0 Å². The summed E-state index contributed by atoms with van der Waals surface area (Å²) < 4.78 is 33.3. The Hall–Kier alpha value is -4.05. The van der Waals surface area contributed by atoms with Crippen LogP contribution in [0.5, 0.6) is 5.75 Å². The average Bonchev–Trinajstić information content (AvgIpc) is 2.79. The Morgan fingerprint density at radius 1 is 0.941 bits per heavy atom. The normalized spacial score (nSPS) is 11.9. The summed E-state index contributed by atoms with van der Waals surface area (Å²) in [6, 6.07) is 16.7. The average molecular weight is 483 g/mol. The fourth-order valence-corrected chi connectivity index (χ4v) is 4.33. The fourth-order valence-electron chi connectivity index (χ4n) is 3.24. The fraction of sp³-hybridized carbons (Fsp3) is 0.167. The Bertz CT molecular complexity index is 1290. The van der Waals surface area contributed by atoms with E-state index in [4.69, 9.17) is 10.5 Å². The maximum absolute atomic E-state index is 13.0. The number of benzene rings is 3. The summed E-state index contributed by atoms with van der Waals surface area (Å²) in [5, 5.41) is 5.35. The zero-order valence-corrected chi connectivity index (χ0v) is 19.8. The molecule has 0 saturated carbocycles. The molecule has 3 rings (SSSR count). The second kappa shape index (κ2) is 10.3. The number of hydrogen-bond donors (Lipinski definition) is 4. The Morgan fingerprint density at radius 3 is 2.15 bits per heavy atom. The number of sulfonamides is 1. The molecule has 9 nitrogen and oxygen atoms in total. The molecular weight excluding hydrogens is 456 g/mol. The number of ether oxygens (including phenoxy) is 1. The molecule has 0 aliphatic heterocycles. The Balaban J connectivity index is 1.76. The lowest BCUT2D eigenvalue weighted by molar-refractivity contribution is 0.0939. The third-order valence-electron chi connectivity index (χ3n) is 5.13. The predicted octanol–water partition coefficient (Wildman–Crippen LogP) is 3.79. The lowest BCUT2D eigenvalue weighted by Gasteiger charge is -2.17. The molecule has 1 atom stereocenters. The highest BCUT2D eigenvalue weighted by atomic mass is 32.2. The van der Waals surface area contributed by atoms with Gasteiger partial charge in [0.05, 0.1) is 18.0 Å². The van der Waals surface area contributed by atoms with Crippen molar-refractivity contribution in [3.8, 4) is 5.75 Å². The third kappa shape index (κ3) is 6.04. The molecule has 3 amide bonds. The maximum Gasteiger partial charge on any atom is 0.316 e. The van der Waals surface area contributed by atoms with Crippen LogP contribution in [0, 0.1) is 6.92 Å². The van der Waals surface area contributed by atoms with Crippen molar-refractivity contribution in [1.82, 2.24) is 5.32 Å². The molecule has 10 heteroatoms. The second-order valence-corrected chi connectivity index (χ2v) is 9.30. The predicted molar refractivity (Wildman–Crippen MR) is 131 cm³/mol. The lowest BCUT2D eigenvalue weighted by atomic mass is 10.1. The molecule has 0 saturated heterocycles. The lowest BCUT2D eigenvalue weighted by Crippen LogP contribution is -2.27. The Morgan fingerprint density at radius 2 is 1.56 bits per heavy atom. The molecule has 0 spiro atoms. The van der Waals surface area contributed by atoms with Gasteiger partial charge in [0, 0.05) is 16.9 Å².